The summed E-state index contributed by atoms with van der Waals surface area (Å²) in [5.74, 6) is 0. The highest BCUT2D eigenvalue weighted by Gasteiger charge is 2.23. The summed E-state index contributed by atoms with van der Waals surface area (Å²) in [5.41, 5.74) is 2.36. The maximum absolute atomic E-state index is 11.7. The topological polar surface area (TPSA) is 53.5 Å². The third-order valence-electron chi connectivity index (χ3n) is 4.07. The minimum absolute atomic E-state index is 0.537. The second-order valence-corrected chi connectivity index (χ2v) is 8.61. The average molecular weight is 339 g/mol. The van der Waals surface area contributed by atoms with Crippen LogP contribution in [-0.2, 0) is 16.4 Å². The highest BCUT2D eigenvalue weighted by Crippen LogP contribution is 2.31. The first kappa shape index (κ1) is 15.7. The number of fused-ring (bicyclic) bond motifs is 1. The first-order valence-corrected chi connectivity index (χ1v) is 10.2. The number of sulfonamides is 1. The Hall–Kier alpha value is -1.18. The van der Waals surface area contributed by atoms with Crippen LogP contribution in [0, 0.1) is 0 Å². The van der Waals surface area contributed by atoms with E-state index in [1.807, 2.05) is 0 Å². The van der Waals surface area contributed by atoms with Gasteiger partial charge in [-0.3, -0.25) is 0 Å². The summed E-state index contributed by atoms with van der Waals surface area (Å²) in [6, 6.07) is 6.31. The summed E-state index contributed by atoms with van der Waals surface area (Å²) in [7, 11) is -3.10. The van der Waals surface area contributed by atoms with E-state index in [2.05, 4.69) is 30.0 Å². The van der Waals surface area contributed by atoms with Crippen LogP contribution in [0.25, 0.3) is 10.2 Å². The van der Waals surface area contributed by atoms with Gasteiger partial charge in [0.05, 0.1) is 16.5 Å². The molecule has 1 saturated heterocycles. The molecule has 3 rings (SSSR count). The maximum atomic E-state index is 11.7. The van der Waals surface area contributed by atoms with Crippen molar-refractivity contribution in [1.82, 2.24) is 9.29 Å². The molecule has 0 unspecified atom stereocenters. The third-order valence-corrected chi connectivity index (χ3v) is 6.45. The van der Waals surface area contributed by atoms with Gasteiger partial charge in [0.25, 0.3) is 0 Å². The van der Waals surface area contributed by atoms with Crippen molar-refractivity contribution in [3.63, 3.8) is 0 Å². The van der Waals surface area contributed by atoms with E-state index in [1.54, 1.807) is 15.6 Å². The number of benzene rings is 1. The summed E-state index contributed by atoms with van der Waals surface area (Å²) in [4.78, 5) is 7.03. The molecule has 0 aliphatic carbocycles. The second-order valence-electron chi connectivity index (χ2n) is 5.62. The molecule has 5 nitrogen and oxygen atoms in total. The molecule has 2 heterocycles. The van der Waals surface area contributed by atoms with Gasteiger partial charge in [-0.05, 0) is 24.5 Å². The van der Waals surface area contributed by atoms with Crippen LogP contribution in [0.5, 0.6) is 0 Å². The zero-order valence-corrected chi connectivity index (χ0v) is 14.6. The van der Waals surface area contributed by atoms with Gasteiger partial charge in [-0.2, -0.15) is 0 Å². The first-order chi connectivity index (χ1) is 10.5. The standard InChI is InChI=1S/C15H21N3O2S2/c1-3-12-6-4-7-13-14(12)16-15(21-13)17-8-5-9-18(11-10-17)22(2,19)20/h4,6-7H,3,5,8-11H2,1-2H3. The number of thiazole rings is 1. The second kappa shape index (κ2) is 6.14. The number of anilines is 1. The summed E-state index contributed by atoms with van der Waals surface area (Å²) in [6.45, 7) is 4.83. The average Bonchev–Trinajstić information content (AvgIpc) is 2.74. The van der Waals surface area contributed by atoms with E-state index in [1.165, 1.54) is 16.5 Å². The Morgan fingerprint density at radius 1 is 1.23 bits per heavy atom. The fourth-order valence-electron chi connectivity index (χ4n) is 2.83. The van der Waals surface area contributed by atoms with Crippen LogP contribution in [0.15, 0.2) is 18.2 Å². The number of hydrogen-bond donors (Lipinski definition) is 0. The van der Waals surface area contributed by atoms with E-state index in [0.29, 0.717) is 19.6 Å². The minimum Gasteiger partial charge on any atom is -0.347 e. The first-order valence-electron chi connectivity index (χ1n) is 7.57. The van der Waals surface area contributed by atoms with Gasteiger partial charge < -0.3 is 4.90 Å². The van der Waals surface area contributed by atoms with Gasteiger partial charge in [-0.15, -0.1) is 0 Å². The molecule has 1 aliphatic rings. The zero-order valence-electron chi connectivity index (χ0n) is 12.9. The van der Waals surface area contributed by atoms with Gasteiger partial charge in [0, 0.05) is 26.2 Å². The fourth-order valence-corrected chi connectivity index (χ4v) is 4.77. The number of aromatic nitrogens is 1. The van der Waals surface area contributed by atoms with E-state index < -0.39 is 10.0 Å². The number of rotatable bonds is 3. The van der Waals surface area contributed by atoms with Crippen molar-refractivity contribution in [3.05, 3.63) is 23.8 Å². The molecule has 7 heteroatoms. The van der Waals surface area contributed by atoms with Crippen LogP contribution < -0.4 is 4.90 Å². The molecule has 0 bridgehead atoms. The molecule has 0 amide bonds. The van der Waals surface area contributed by atoms with E-state index in [0.717, 1.165) is 30.0 Å². The summed E-state index contributed by atoms with van der Waals surface area (Å²) >= 11 is 1.70. The molecule has 2 aromatic rings. The molecular formula is C15H21N3O2S2. The number of para-hydroxylation sites is 1. The lowest BCUT2D eigenvalue weighted by molar-refractivity contribution is 0.437. The van der Waals surface area contributed by atoms with Crippen LogP contribution in [-0.4, -0.2) is 50.1 Å². The Balaban J connectivity index is 1.85. The predicted octanol–water partition coefficient (Wildman–Crippen LogP) is 2.33. The largest absolute Gasteiger partial charge is 0.347 e. The van der Waals surface area contributed by atoms with Crippen molar-refractivity contribution in [2.45, 2.75) is 19.8 Å². The van der Waals surface area contributed by atoms with E-state index in [9.17, 15) is 8.42 Å². The third kappa shape index (κ3) is 3.11. The highest BCUT2D eigenvalue weighted by molar-refractivity contribution is 7.88. The lowest BCUT2D eigenvalue weighted by atomic mass is 10.1. The van der Waals surface area contributed by atoms with Crippen LogP contribution in [0.1, 0.15) is 18.9 Å². The maximum Gasteiger partial charge on any atom is 0.211 e. The Bertz CT molecular complexity index is 770. The molecule has 1 aromatic carbocycles. The van der Waals surface area contributed by atoms with Crippen molar-refractivity contribution in [2.75, 3.05) is 37.3 Å². The van der Waals surface area contributed by atoms with Crippen molar-refractivity contribution >= 4 is 36.7 Å². The Labute approximate surface area is 135 Å². The number of nitrogens with zero attached hydrogens (tertiary/aromatic N) is 3. The molecule has 0 N–H and O–H groups in total. The number of hydrogen-bond acceptors (Lipinski definition) is 5. The van der Waals surface area contributed by atoms with E-state index in [-0.39, 0.29) is 0 Å². The lowest BCUT2D eigenvalue weighted by Gasteiger charge is -2.19. The van der Waals surface area contributed by atoms with Crippen molar-refractivity contribution in [1.29, 1.82) is 0 Å². The lowest BCUT2D eigenvalue weighted by Crippen LogP contribution is -2.34. The smallest absolute Gasteiger partial charge is 0.211 e. The van der Waals surface area contributed by atoms with Gasteiger partial charge in [0.15, 0.2) is 5.13 Å². The van der Waals surface area contributed by atoms with Gasteiger partial charge in [-0.25, -0.2) is 17.7 Å². The molecule has 0 saturated carbocycles. The van der Waals surface area contributed by atoms with Gasteiger partial charge in [-0.1, -0.05) is 30.4 Å². The molecule has 1 fully saturated rings. The quantitative estimate of drug-likeness (QED) is 0.861. The van der Waals surface area contributed by atoms with Crippen molar-refractivity contribution in [3.8, 4) is 0 Å². The SMILES string of the molecule is CCc1cccc2sc(N3CCCN(S(C)(=O)=O)CC3)nc12. The fraction of sp³-hybridized carbons (Fsp3) is 0.533. The molecule has 0 atom stereocenters. The molecule has 22 heavy (non-hydrogen) atoms. The Morgan fingerprint density at radius 3 is 2.77 bits per heavy atom. The summed E-state index contributed by atoms with van der Waals surface area (Å²) in [5, 5.41) is 1.01. The molecule has 0 spiro atoms. The van der Waals surface area contributed by atoms with Crippen molar-refractivity contribution in [2.24, 2.45) is 0 Å². The Kier molecular flexibility index (Phi) is 4.38. The van der Waals surface area contributed by atoms with Crippen LogP contribution in [0.3, 0.4) is 0 Å². The highest BCUT2D eigenvalue weighted by atomic mass is 32.2. The molecule has 1 aromatic heterocycles. The Morgan fingerprint density at radius 2 is 2.05 bits per heavy atom. The van der Waals surface area contributed by atoms with Crippen LogP contribution in [0.2, 0.25) is 0 Å². The summed E-state index contributed by atoms with van der Waals surface area (Å²) < 4.78 is 26.2. The summed E-state index contributed by atoms with van der Waals surface area (Å²) in [6.07, 6.45) is 3.10. The van der Waals surface area contributed by atoms with Gasteiger partial charge in [0.2, 0.25) is 10.0 Å². The molecule has 1 aliphatic heterocycles. The van der Waals surface area contributed by atoms with Gasteiger partial charge in [0.1, 0.15) is 0 Å². The van der Waals surface area contributed by atoms with Gasteiger partial charge >= 0.3 is 0 Å². The van der Waals surface area contributed by atoms with Crippen LogP contribution in [0.4, 0.5) is 5.13 Å². The minimum atomic E-state index is -3.10. The van der Waals surface area contributed by atoms with E-state index >= 15 is 0 Å². The predicted molar refractivity (Wildman–Crippen MR) is 92.2 cm³/mol. The van der Waals surface area contributed by atoms with Crippen LogP contribution >= 0.6 is 11.3 Å². The molecular weight excluding hydrogens is 318 g/mol. The van der Waals surface area contributed by atoms with Crippen molar-refractivity contribution < 1.29 is 8.42 Å². The molecule has 0 radical (unpaired) electrons. The molecule has 120 valence electrons. The normalized spacial score (nSPS) is 17.8. The monoisotopic (exact) mass is 339 g/mol. The number of aryl methyl sites for hydroxylation is 1. The van der Waals surface area contributed by atoms with E-state index in [4.69, 9.17) is 4.98 Å². The zero-order chi connectivity index (χ0) is 15.7.